The van der Waals surface area contributed by atoms with Crippen LogP contribution in [-0.4, -0.2) is 49.4 Å². The second-order valence-electron chi connectivity index (χ2n) is 11.9. The highest BCUT2D eigenvalue weighted by Gasteiger charge is 2.39. The number of carbonyl (C=O) groups is 2. The standard InChI is InChI=1S/C39H40N4O4S/c1-46-39(45)43(37(38(40)44)36(29-16-7-3-8-17-29)30-18-9-4-10-19-30)34-20-12-11-15-28(34)21-22-31-24-41-32(25-47-31)33-26-48-35(42-33)23-27-13-5-2-6-14-27/h2-20,26,31-32,36-37,41H,21-25H2,1H3,(H2,40,44)/t31-,32+,37+/m1/s1. The third-order valence-corrected chi connectivity index (χ3v) is 9.64. The summed E-state index contributed by atoms with van der Waals surface area (Å²) in [5.74, 6) is -1.16. The number of benzene rings is 4. The van der Waals surface area contributed by atoms with E-state index in [1.807, 2.05) is 103 Å². The number of thiazole rings is 1. The molecule has 5 aromatic rings. The third kappa shape index (κ3) is 7.82. The normalized spacial score (nSPS) is 16.7. The number of nitrogens with two attached hydrogens (primary N) is 1. The van der Waals surface area contributed by atoms with E-state index in [4.69, 9.17) is 20.2 Å². The van der Waals surface area contributed by atoms with Crippen LogP contribution in [0.5, 0.6) is 0 Å². The molecule has 8 nitrogen and oxygen atoms in total. The van der Waals surface area contributed by atoms with Gasteiger partial charge in [-0.2, -0.15) is 0 Å². The SMILES string of the molecule is COC(=O)N(c1ccccc1CC[C@@H]1CN[C@H](c2csc(Cc3ccccc3)n2)CO1)[C@H](C(N)=O)C(c1ccccc1)c1ccccc1. The number of nitrogens with zero attached hydrogens (tertiary/aromatic N) is 2. The lowest BCUT2D eigenvalue weighted by Gasteiger charge is -2.36. The van der Waals surface area contributed by atoms with Gasteiger partial charge in [-0.25, -0.2) is 9.78 Å². The van der Waals surface area contributed by atoms with Gasteiger partial charge in [0.2, 0.25) is 5.91 Å². The second-order valence-corrected chi connectivity index (χ2v) is 12.8. The summed E-state index contributed by atoms with van der Waals surface area (Å²) < 4.78 is 11.6. The van der Waals surface area contributed by atoms with E-state index < -0.39 is 24.0 Å². The van der Waals surface area contributed by atoms with E-state index in [9.17, 15) is 9.59 Å². The first-order valence-electron chi connectivity index (χ1n) is 16.2. The van der Waals surface area contributed by atoms with Gasteiger partial charge in [-0.1, -0.05) is 109 Å². The van der Waals surface area contributed by atoms with Gasteiger partial charge in [-0.3, -0.25) is 9.69 Å². The Kier molecular flexibility index (Phi) is 10.9. The van der Waals surface area contributed by atoms with Crippen LogP contribution < -0.4 is 16.0 Å². The van der Waals surface area contributed by atoms with Crippen molar-refractivity contribution >= 4 is 29.0 Å². The number of ether oxygens (including phenoxy) is 2. The summed E-state index contributed by atoms with van der Waals surface area (Å²) in [6.45, 7) is 1.20. The molecule has 2 heterocycles. The van der Waals surface area contributed by atoms with Crippen molar-refractivity contribution in [3.63, 3.8) is 0 Å². The van der Waals surface area contributed by atoms with Crippen molar-refractivity contribution in [3.05, 3.63) is 154 Å². The third-order valence-electron chi connectivity index (χ3n) is 8.78. The van der Waals surface area contributed by atoms with Crippen LogP contribution in [0.4, 0.5) is 10.5 Å². The van der Waals surface area contributed by atoms with Gasteiger partial charge in [0.15, 0.2) is 0 Å². The van der Waals surface area contributed by atoms with Crippen molar-refractivity contribution in [2.75, 3.05) is 25.2 Å². The van der Waals surface area contributed by atoms with Crippen LogP contribution in [0.15, 0.2) is 121 Å². The van der Waals surface area contributed by atoms with Crippen LogP contribution in [-0.2, 0) is 27.1 Å². The Morgan fingerprint density at radius 2 is 1.56 bits per heavy atom. The fraction of sp³-hybridized carbons (Fsp3) is 0.256. The number of primary amides is 1. The van der Waals surface area contributed by atoms with Crippen LogP contribution in [0.25, 0.3) is 0 Å². The van der Waals surface area contributed by atoms with E-state index in [-0.39, 0.29) is 12.1 Å². The van der Waals surface area contributed by atoms with E-state index in [0.29, 0.717) is 31.7 Å². The molecule has 1 aromatic heterocycles. The largest absolute Gasteiger partial charge is 0.452 e. The number of para-hydroxylation sites is 1. The Morgan fingerprint density at radius 3 is 2.17 bits per heavy atom. The van der Waals surface area contributed by atoms with Crippen molar-refractivity contribution in [1.29, 1.82) is 0 Å². The number of aryl methyl sites for hydroxylation is 1. The highest BCUT2D eigenvalue weighted by atomic mass is 32.1. The minimum atomic E-state index is -1.05. The van der Waals surface area contributed by atoms with Crippen molar-refractivity contribution < 1.29 is 19.1 Å². The first-order valence-corrected chi connectivity index (χ1v) is 17.1. The average molecular weight is 661 g/mol. The summed E-state index contributed by atoms with van der Waals surface area (Å²) in [7, 11) is 1.32. The molecule has 3 N–H and O–H groups in total. The Bertz CT molecular complexity index is 1740. The van der Waals surface area contributed by atoms with Crippen LogP contribution in [0.2, 0.25) is 0 Å². The fourth-order valence-corrected chi connectivity index (χ4v) is 7.27. The molecular weight excluding hydrogens is 621 g/mol. The minimum Gasteiger partial charge on any atom is -0.452 e. The van der Waals surface area contributed by atoms with Crippen LogP contribution >= 0.6 is 11.3 Å². The number of morpholine rings is 1. The summed E-state index contributed by atoms with van der Waals surface area (Å²) in [4.78, 5) is 33.3. The number of aromatic nitrogens is 1. The van der Waals surface area contributed by atoms with Crippen LogP contribution in [0, 0.1) is 0 Å². The zero-order valence-corrected chi connectivity index (χ0v) is 27.7. The first kappa shape index (κ1) is 33.1. The Morgan fingerprint density at radius 1 is 0.938 bits per heavy atom. The lowest BCUT2D eigenvalue weighted by atomic mass is 9.83. The van der Waals surface area contributed by atoms with Gasteiger partial charge in [-0.05, 0) is 41.2 Å². The second kappa shape index (κ2) is 15.8. The Hall–Kier alpha value is -4.83. The molecule has 0 bridgehead atoms. The van der Waals surface area contributed by atoms with Crippen molar-refractivity contribution in [3.8, 4) is 0 Å². The number of anilines is 1. The molecule has 6 rings (SSSR count). The van der Waals surface area contributed by atoms with Gasteiger partial charge >= 0.3 is 6.09 Å². The van der Waals surface area contributed by atoms with Gasteiger partial charge < -0.3 is 20.5 Å². The smallest absolute Gasteiger partial charge is 0.414 e. The van der Waals surface area contributed by atoms with E-state index >= 15 is 0 Å². The zero-order valence-electron chi connectivity index (χ0n) is 26.9. The average Bonchev–Trinajstić information content (AvgIpc) is 3.60. The monoisotopic (exact) mass is 660 g/mol. The highest BCUT2D eigenvalue weighted by Crippen LogP contribution is 2.36. The predicted octanol–water partition coefficient (Wildman–Crippen LogP) is 6.66. The van der Waals surface area contributed by atoms with Gasteiger partial charge in [0, 0.05) is 24.3 Å². The topological polar surface area (TPSA) is 107 Å². The van der Waals surface area contributed by atoms with Crippen molar-refractivity contribution in [1.82, 2.24) is 10.3 Å². The summed E-state index contributed by atoms with van der Waals surface area (Å²) >= 11 is 1.68. The van der Waals surface area contributed by atoms with E-state index in [0.717, 1.165) is 33.8 Å². The van der Waals surface area contributed by atoms with Gasteiger partial charge in [0.1, 0.15) is 6.04 Å². The maximum absolute atomic E-state index is 13.6. The lowest BCUT2D eigenvalue weighted by molar-refractivity contribution is -0.119. The predicted molar refractivity (Wildman–Crippen MR) is 189 cm³/mol. The minimum absolute atomic E-state index is 0.0309. The maximum atomic E-state index is 13.6. The van der Waals surface area contributed by atoms with Crippen molar-refractivity contribution in [2.24, 2.45) is 5.73 Å². The zero-order chi connectivity index (χ0) is 33.3. The summed E-state index contributed by atoms with van der Waals surface area (Å²) in [6.07, 6.45) is 1.46. The first-order chi connectivity index (χ1) is 23.5. The number of hydrogen-bond donors (Lipinski definition) is 2. The van der Waals surface area contributed by atoms with Crippen LogP contribution in [0.3, 0.4) is 0 Å². The number of carbonyl (C=O) groups excluding carboxylic acids is 2. The molecule has 2 amide bonds. The number of amides is 2. The van der Waals surface area contributed by atoms with Gasteiger partial charge in [0.05, 0.1) is 42.3 Å². The van der Waals surface area contributed by atoms with E-state index in [1.165, 1.54) is 17.6 Å². The molecule has 1 aliphatic heterocycles. The number of nitrogens with one attached hydrogen (secondary N) is 1. The summed E-state index contributed by atoms with van der Waals surface area (Å²) in [5.41, 5.74) is 11.6. The van der Waals surface area contributed by atoms with Gasteiger partial charge in [0.25, 0.3) is 0 Å². The Labute approximate surface area is 285 Å². The van der Waals surface area contributed by atoms with Crippen LogP contribution in [0.1, 0.15) is 51.3 Å². The fourth-order valence-electron chi connectivity index (χ4n) is 6.39. The molecule has 4 aromatic carbocycles. The summed E-state index contributed by atoms with van der Waals surface area (Å²) in [5, 5.41) is 6.82. The Balaban J connectivity index is 1.18. The van der Waals surface area contributed by atoms with Gasteiger partial charge in [-0.15, -0.1) is 11.3 Å². The molecule has 1 aliphatic rings. The van der Waals surface area contributed by atoms with E-state index in [1.54, 1.807) is 11.3 Å². The van der Waals surface area contributed by atoms with E-state index in [2.05, 4.69) is 22.8 Å². The molecule has 1 fully saturated rings. The molecule has 0 saturated carbocycles. The molecule has 0 unspecified atom stereocenters. The molecule has 1 saturated heterocycles. The maximum Gasteiger partial charge on any atom is 0.414 e. The quantitative estimate of drug-likeness (QED) is 0.155. The highest BCUT2D eigenvalue weighted by molar-refractivity contribution is 7.09. The molecule has 0 radical (unpaired) electrons. The molecule has 246 valence electrons. The van der Waals surface area contributed by atoms with Crippen molar-refractivity contribution in [2.45, 2.75) is 43.4 Å². The lowest BCUT2D eigenvalue weighted by Crippen LogP contribution is -2.52. The molecule has 48 heavy (non-hydrogen) atoms. The molecular formula is C39H40N4O4S. The molecule has 3 atom stereocenters. The summed E-state index contributed by atoms with van der Waals surface area (Å²) in [6, 6.07) is 36.3. The molecule has 0 aliphatic carbocycles. The molecule has 0 spiro atoms. The number of methoxy groups -OCH3 is 1. The number of rotatable bonds is 12. The molecule has 9 heteroatoms. The number of hydrogen-bond acceptors (Lipinski definition) is 7.